The highest BCUT2D eigenvalue weighted by Gasteiger charge is 2.36. The maximum absolute atomic E-state index is 13.0. The number of para-hydroxylation sites is 1. The van der Waals surface area contributed by atoms with Gasteiger partial charge in [0.1, 0.15) is 11.9 Å². The van der Waals surface area contributed by atoms with Gasteiger partial charge in [-0.1, -0.05) is 24.3 Å². The second kappa shape index (κ2) is 9.62. The highest BCUT2D eigenvalue weighted by Crippen LogP contribution is 2.35. The molecule has 0 saturated carbocycles. The number of carbonyl (C=O) groups excluding carboxylic acids is 1. The molecule has 2 atom stereocenters. The van der Waals surface area contributed by atoms with Gasteiger partial charge >= 0.3 is 0 Å². The minimum Gasteiger partial charge on any atom is -0.493 e. The third-order valence-electron chi connectivity index (χ3n) is 5.05. The molecule has 0 spiro atoms. The summed E-state index contributed by atoms with van der Waals surface area (Å²) in [6.45, 7) is 2.40. The largest absolute Gasteiger partial charge is 0.493 e. The lowest BCUT2D eigenvalue weighted by Gasteiger charge is -2.41. The first kappa shape index (κ1) is 21.0. The highest BCUT2D eigenvalue weighted by molar-refractivity contribution is 5.78. The molecule has 1 N–H and O–H groups in total. The molecule has 2 aromatic carbocycles. The fourth-order valence-corrected chi connectivity index (χ4v) is 3.54. The third kappa shape index (κ3) is 4.63. The number of methoxy groups -OCH3 is 2. The normalized spacial score (nSPS) is 19.0. The molecular formula is C22H27NO6. The van der Waals surface area contributed by atoms with Crippen LogP contribution in [-0.2, 0) is 9.53 Å². The van der Waals surface area contributed by atoms with Gasteiger partial charge in [0.05, 0.1) is 33.5 Å². The molecule has 1 heterocycles. The molecule has 29 heavy (non-hydrogen) atoms. The van der Waals surface area contributed by atoms with Crippen molar-refractivity contribution in [3.8, 4) is 17.2 Å². The number of rotatable bonds is 7. The molecule has 0 aromatic heterocycles. The molecule has 2 aromatic rings. The summed E-state index contributed by atoms with van der Waals surface area (Å²) in [6, 6.07) is 12.5. The summed E-state index contributed by atoms with van der Waals surface area (Å²) in [5.41, 5.74) is 1.76. The van der Waals surface area contributed by atoms with Crippen LogP contribution < -0.4 is 14.2 Å². The number of aliphatic hydroxyl groups excluding tert-OH is 1. The van der Waals surface area contributed by atoms with Crippen LogP contribution >= 0.6 is 0 Å². The van der Waals surface area contributed by atoms with Crippen molar-refractivity contribution >= 4 is 5.91 Å². The van der Waals surface area contributed by atoms with Gasteiger partial charge in [0.25, 0.3) is 5.91 Å². The van der Waals surface area contributed by atoms with E-state index in [1.807, 2.05) is 43.3 Å². The van der Waals surface area contributed by atoms with Crippen molar-refractivity contribution in [2.75, 3.05) is 40.6 Å². The smallest absolute Gasteiger partial charge is 0.261 e. The van der Waals surface area contributed by atoms with Crippen molar-refractivity contribution in [2.45, 2.75) is 19.1 Å². The van der Waals surface area contributed by atoms with E-state index in [1.165, 1.54) is 0 Å². The number of ether oxygens (including phenoxy) is 4. The molecule has 1 fully saturated rings. The highest BCUT2D eigenvalue weighted by atomic mass is 16.5. The second-order valence-electron chi connectivity index (χ2n) is 6.79. The maximum atomic E-state index is 13.0. The molecule has 7 heteroatoms. The van der Waals surface area contributed by atoms with Crippen LogP contribution in [0.4, 0.5) is 0 Å². The Morgan fingerprint density at radius 2 is 1.90 bits per heavy atom. The zero-order chi connectivity index (χ0) is 20.8. The van der Waals surface area contributed by atoms with E-state index in [2.05, 4.69) is 0 Å². The molecular weight excluding hydrogens is 374 g/mol. The Kier molecular flexibility index (Phi) is 6.95. The van der Waals surface area contributed by atoms with Gasteiger partial charge in [-0.3, -0.25) is 4.79 Å². The van der Waals surface area contributed by atoms with Crippen LogP contribution in [0.3, 0.4) is 0 Å². The number of morpholine rings is 1. The molecule has 0 unspecified atom stereocenters. The van der Waals surface area contributed by atoms with Gasteiger partial charge in [0.15, 0.2) is 18.1 Å². The van der Waals surface area contributed by atoms with Gasteiger partial charge in [-0.2, -0.15) is 0 Å². The average molecular weight is 401 g/mol. The van der Waals surface area contributed by atoms with E-state index in [0.717, 1.165) is 11.1 Å². The predicted molar refractivity (Wildman–Crippen MR) is 107 cm³/mol. The van der Waals surface area contributed by atoms with Crippen molar-refractivity contribution in [1.82, 2.24) is 4.90 Å². The number of benzene rings is 2. The molecule has 1 aliphatic rings. The quantitative estimate of drug-likeness (QED) is 0.768. The third-order valence-corrected chi connectivity index (χ3v) is 5.05. The van der Waals surface area contributed by atoms with Crippen LogP contribution in [0.2, 0.25) is 0 Å². The molecule has 1 amide bonds. The Bertz CT molecular complexity index is 840. The van der Waals surface area contributed by atoms with Gasteiger partial charge in [-0.25, -0.2) is 0 Å². The second-order valence-corrected chi connectivity index (χ2v) is 6.79. The molecule has 0 bridgehead atoms. The van der Waals surface area contributed by atoms with Crippen LogP contribution in [0.1, 0.15) is 17.2 Å². The van der Waals surface area contributed by atoms with Gasteiger partial charge in [-0.05, 0) is 36.2 Å². The van der Waals surface area contributed by atoms with E-state index in [0.29, 0.717) is 30.4 Å². The zero-order valence-electron chi connectivity index (χ0n) is 17.0. The Labute approximate surface area is 170 Å². The summed E-state index contributed by atoms with van der Waals surface area (Å²) in [6.07, 6.45) is -0.538. The van der Waals surface area contributed by atoms with Gasteiger partial charge < -0.3 is 29.0 Å². The van der Waals surface area contributed by atoms with Crippen molar-refractivity contribution in [1.29, 1.82) is 0 Å². The number of hydrogen-bond donors (Lipinski definition) is 1. The van der Waals surface area contributed by atoms with Crippen molar-refractivity contribution in [3.63, 3.8) is 0 Å². The first-order valence-electron chi connectivity index (χ1n) is 9.51. The molecule has 3 rings (SSSR count). The summed E-state index contributed by atoms with van der Waals surface area (Å²) in [7, 11) is 3.12. The predicted octanol–water partition coefficient (Wildman–Crippen LogP) is 2.35. The maximum Gasteiger partial charge on any atom is 0.261 e. The Hall–Kier alpha value is -2.77. The summed E-state index contributed by atoms with van der Waals surface area (Å²) < 4.78 is 22.2. The Morgan fingerprint density at radius 3 is 2.59 bits per heavy atom. The van der Waals surface area contributed by atoms with E-state index in [-0.39, 0.29) is 19.1 Å². The summed E-state index contributed by atoms with van der Waals surface area (Å²) >= 11 is 0. The van der Waals surface area contributed by atoms with Crippen LogP contribution in [0.15, 0.2) is 42.5 Å². The van der Waals surface area contributed by atoms with Crippen LogP contribution in [-0.4, -0.2) is 62.6 Å². The van der Waals surface area contributed by atoms with Gasteiger partial charge in [0.2, 0.25) is 0 Å². The lowest BCUT2D eigenvalue weighted by atomic mass is 9.97. The average Bonchev–Trinajstić information content (AvgIpc) is 2.77. The first-order chi connectivity index (χ1) is 14.1. The number of carbonyl (C=O) groups is 1. The lowest BCUT2D eigenvalue weighted by Crippen LogP contribution is -2.50. The van der Waals surface area contributed by atoms with Gasteiger partial charge in [0, 0.05) is 6.54 Å². The summed E-state index contributed by atoms with van der Waals surface area (Å²) in [4.78, 5) is 14.7. The van der Waals surface area contributed by atoms with E-state index in [4.69, 9.17) is 18.9 Å². The fraction of sp³-hybridized carbons (Fsp3) is 0.409. The summed E-state index contributed by atoms with van der Waals surface area (Å²) in [5, 5.41) is 9.84. The monoisotopic (exact) mass is 401 g/mol. The number of aryl methyl sites for hydroxylation is 1. The Morgan fingerprint density at radius 1 is 1.14 bits per heavy atom. The van der Waals surface area contributed by atoms with Crippen molar-refractivity contribution in [2.24, 2.45) is 0 Å². The number of amides is 1. The minimum absolute atomic E-state index is 0.0905. The lowest BCUT2D eigenvalue weighted by molar-refractivity contribution is -0.152. The molecule has 1 saturated heterocycles. The molecule has 0 aliphatic carbocycles. The van der Waals surface area contributed by atoms with Crippen molar-refractivity contribution in [3.05, 3.63) is 53.6 Å². The minimum atomic E-state index is -0.538. The topological polar surface area (TPSA) is 77.5 Å². The first-order valence-corrected chi connectivity index (χ1v) is 9.51. The van der Waals surface area contributed by atoms with Crippen LogP contribution in [0.5, 0.6) is 17.2 Å². The van der Waals surface area contributed by atoms with Crippen molar-refractivity contribution < 1.29 is 28.8 Å². The molecule has 156 valence electrons. The Balaban J connectivity index is 1.83. The van der Waals surface area contributed by atoms with Crippen LogP contribution in [0.25, 0.3) is 0 Å². The van der Waals surface area contributed by atoms with E-state index in [9.17, 15) is 9.90 Å². The molecule has 7 nitrogen and oxygen atoms in total. The fourth-order valence-electron chi connectivity index (χ4n) is 3.54. The van der Waals surface area contributed by atoms with Gasteiger partial charge in [-0.15, -0.1) is 0 Å². The summed E-state index contributed by atoms with van der Waals surface area (Å²) in [5.74, 6) is 1.65. The zero-order valence-corrected chi connectivity index (χ0v) is 17.0. The standard InChI is InChI=1S/C22H27NO6/c1-15-6-4-5-7-17(15)29-14-21(25)23-10-11-28-20(13-24)22(23)16-8-9-18(26-2)19(12-16)27-3/h4-9,12,20,22,24H,10-11,13-14H2,1-3H3/t20-,22-/m1/s1. The molecule has 1 aliphatic heterocycles. The number of aliphatic hydroxyl groups is 1. The van der Waals surface area contributed by atoms with E-state index in [1.54, 1.807) is 25.2 Å². The number of hydrogen-bond acceptors (Lipinski definition) is 6. The SMILES string of the molecule is COc1ccc([C@@H]2[C@@H](CO)OCCN2C(=O)COc2ccccc2C)cc1OC. The number of nitrogens with zero attached hydrogens (tertiary/aromatic N) is 1. The van der Waals surface area contributed by atoms with E-state index < -0.39 is 12.1 Å². The van der Waals surface area contributed by atoms with E-state index >= 15 is 0 Å². The molecule has 0 radical (unpaired) electrons. The van der Waals surface area contributed by atoms with Crippen LogP contribution in [0, 0.1) is 6.92 Å².